The van der Waals surface area contributed by atoms with E-state index in [0.29, 0.717) is 25.7 Å². The van der Waals surface area contributed by atoms with Crippen LogP contribution >= 0.6 is 0 Å². The van der Waals surface area contributed by atoms with Gasteiger partial charge < -0.3 is 24.6 Å². The highest BCUT2D eigenvalue weighted by Crippen LogP contribution is 2.10. The number of carbonyl (C=O) groups is 1. The Hall–Kier alpha value is -0.850. The summed E-state index contributed by atoms with van der Waals surface area (Å²) in [5.74, 6) is 0. The SMILES string of the molecule is COCCN(CCNC1CCCN(C)C1)C(=O)OC(C)(C)C. The van der Waals surface area contributed by atoms with E-state index in [1.807, 2.05) is 20.8 Å². The molecule has 6 nitrogen and oxygen atoms in total. The van der Waals surface area contributed by atoms with Gasteiger partial charge in [0.25, 0.3) is 0 Å². The molecule has 0 spiro atoms. The number of piperidine rings is 1. The fourth-order valence-corrected chi connectivity index (χ4v) is 2.56. The summed E-state index contributed by atoms with van der Waals surface area (Å²) in [5, 5.41) is 3.54. The number of ether oxygens (including phenoxy) is 2. The molecular formula is C16H33N3O3. The third-order valence-electron chi connectivity index (χ3n) is 3.66. The number of likely N-dealkylation sites (tertiary alicyclic amines) is 1. The van der Waals surface area contributed by atoms with Crippen LogP contribution in [0, 0.1) is 0 Å². The standard InChI is InChI=1S/C16H33N3O3/c1-16(2,3)22-15(20)19(11-12-21-5)10-8-17-14-7-6-9-18(4)13-14/h14,17H,6-13H2,1-5H3. The van der Waals surface area contributed by atoms with Crippen LogP contribution in [0.2, 0.25) is 0 Å². The zero-order valence-corrected chi connectivity index (χ0v) is 14.9. The number of likely N-dealkylation sites (N-methyl/N-ethyl adjacent to an activating group) is 1. The van der Waals surface area contributed by atoms with Crippen molar-refractivity contribution in [3.8, 4) is 0 Å². The van der Waals surface area contributed by atoms with Crippen LogP contribution < -0.4 is 5.32 Å². The van der Waals surface area contributed by atoms with E-state index < -0.39 is 5.60 Å². The second kappa shape index (κ2) is 9.33. The average molecular weight is 315 g/mol. The Morgan fingerprint density at radius 3 is 2.68 bits per heavy atom. The van der Waals surface area contributed by atoms with Crippen molar-refractivity contribution in [1.29, 1.82) is 0 Å². The smallest absolute Gasteiger partial charge is 0.410 e. The summed E-state index contributed by atoms with van der Waals surface area (Å²) in [6.45, 7) is 10.4. The van der Waals surface area contributed by atoms with Gasteiger partial charge in [-0.25, -0.2) is 4.79 Å². The van der Waals surface area contributed by atoms with Gasteiger partial charge in [0.15, 0.2) is 0 Å². The van der Waals surface area contributed by atoms with E-state index in [1.165, 1.54) is 19.4 Å². The molecule has 0 bridgehead atoms. The molecule has 1 rings (SSSR count). The summed E-state index contributed by atoms with van der Waals surface area (Å²) in [6, 6.07) is 0.515. The Morgan fingerprint density at radius 2 is 2.09 bits per heavy atom. The molecule has 1 heterocycles. The molecule has 130 valence electrons. The van der Waals surface area contributed by atoms with Crippen LogP contribution in [-0.4, -0.2) is 81.0 Å². The Bertz CT molecular complexity index is 331. The lowest BCUT2D eigenvalue weighted by molar-refractivity contribution is 0.0201. The highest BCUT2D eigenvalue weighted by molar-refractivity contribution is 5.68. The van der Waals surface area contributed by atoms with E-state index in [2.05, 4.69) is 17.3 Å². The molecule has 1 atom stereocenters. The summed E-state index contributed by atoms with van der Waals surface area (Å²) < 4.78 is 10.5. The van der Waals surface area contributed by atoms with Crippen molar-refractivity contribution in [2.24, 2.45) is 0 Å². The number of carbonyl (C=O) groups excluding carboxylic acids is 1. The Kier molecular flexibility index (Phi) is 8.14. The van der Waals surface area contributed by atoms with Gasteiger partial charge in [0.1, 0.15) is 5.60 Å². The van der Waals surface area contributed by atoms with Gasteiger partial charge >= 0.3 is 6.09 Å². The molecule has 1 unspecified atom stereocenters. The lowest BCUT2D eigenvalue weighted by Crippen LogP contribution is -2.47. The number of nitrogens with one attached hydrogen (secondary N) is 1. The van der Waals surface area contributed by atoms with Gasteiger partial charge in [0, 0.05) is 39.3 Å². The summed E-state index contributed by atoms with van der Waals surface area (Å²) in [7, 11) is 3.79. The van der Waals surface area contributed by atoms with Crippen LogP contribution in [0.5, 0.6) is 0 Å². The van der Waals surface area contributed by atoms with Crippen LogP contribution in [0.4, 0.5) is 4.79 Å². The zero-order valence-electron chi connectivity index (χ0n) is 14.9. The maximum Gasteiger partial charge on any atom is 0.410 e. The second-order valence-corrected chi connectivity index (χ2v) is 7.02. The molecule has 0 saturated carbocycles. The Labute approximate surface area is 135 Å². The van der Waals surface area contributed by atoms with Gasteiger partial charge in [-0.15, -0.1) is 0 Å². The van der Waals surface area contributed by atoms with Crippen molar-refractivity contribution in [2.75, 3.05) is 53.5 Å². The quantitative estimate of drug-likeness (QED) is 0.772. The van der Waals surface area contributed by atoms with Crippen molar-refractivity contribution >= 4 is 6.09 Å². The lowest BCUT2D eigenvalue weighted by Gasteiger charge is -2.31. The van der Waals surface area contributed by atoms with Gasteiger partial charge in [-0.3, -0.25) is 0 Å². The molecular weight excluding hydrogens is 282 g/mol. The molecule has 1 amide bonds. The highest BCUT2D eigenvalue weighted by Gasteiger charge is 2.22. The van der Waals surface area contributed by atoms with E-state index >= 15 is 0 Å². The summed E-state index contributed by atoms with van der Waals surface area (Å²) in [4.78, 5) is 16.3. The van der Waals surface area contributed by atoms with Crippen LogP contribution in [0.25, 0.3) is 0 Å². The minimum Gasteiger partial charge on any atom is -0.444 e. The van der Waals surface area contributed by atoms with Crippen molar-refractivity contribution in [3.63, 3.8) is 0 Å². The maximum atomic E-state index is 12.2. The normalized spacial score (nSPS) is 20.0. The van der Waals surface area contributed by atoms with E-state index in [1.54, 1.807) is 12.0 Å². The van der Waals surface area contributed by atoms with Crippen molar-refractivity contribution in [1.82, 2.24) is 15.1 Å². The first-order chi connectivity index (χ1) is 10.3. The third kappa shape index (κ3) is 7.96. The second-order valence-electron chi connectivity index (χ2n) is 7.02. The van der Waals surface area contributed by atoms with Crippen molar-refractivity contribution in [2.45, 2.75) is 45.3 Å². The third-order valence-corrected chi connectivity index (χ3v) is 3.66. The van der Waals surface area contributed by atoms with E-state index in [0.717, 1.165) is 13.1 Å². The lowest BCUT2D eigenvalue weighted by atomic mass is 10.1. The molecule has 22 heavy (non-hydrogen) atoms. The molecule has 0 aromatic rings. The summed E-state index contributed by atoms with van der Waals surface area (Å²) in [5.41, 5.74) is -0.470. The number of nitrogens with zero attached hydrogens (tertiary/aromatic N) is 2. The number of hydrogen-bond donors (Lipinski definition) is 1. The molecule has 1 N–H and O–H groups in total. The molecule has 0 aromatic carbocycles. The van der Waals surface area contributed by atoms with Crippen LogP contribution in [0.15, 0.2) is 0 Å². The zero-order chi connectivity index (χ0) is 16.6. The molecule has 1 saturated heterocycles. The molecule has 0 aliphatic carbocycles. The topological polar surface area (TPSA) is 54.0 Å². The summed E-state index contributed by atoms with van der Waals surface area (Å²) in [6.07, 6.45) is 2.16. The number of rotatable bonds is 7. The molecule has 1 aliphatic heterocycles. The first-order valence-electron chi connectivity index (χ1n) is 8.20. The van der Waals surface area contributed by atoms with Crippen molar-refractivity contribution < 1.29 is 14.3 Å². The maximum absolute atomic E-state index is 12.2. The molecule has 1 aliphatic rings. The minimum atomic E-state index is -0.470. The fraction of sp³-hybridized carbons (Fsp3) is 0.938. The molecule has 0 aromatic heterocycles. The molecule has 6 heteroatoms. The van der Waals surface area contributed by atoms with Crippen molar-refractivity contribution in [3.05, 3.63) is 0 Å². The monoisotopic (exact) mass is 315 g/mol. The number of methoxy groups -OCH3 is 1. The highest BCUT2D eigenvalue weighted by atomic mass is 16.6. The molecule has 0 radical (unpaired) electrons. The Morgan fingerprint density at radius 1 is 1.36 bits per heavy atom. The first-order valence-corrected chi connectivity index (χ1v) is 8.20. The summed E-state index contributed by atoms with van der Waals surface area (Å²) >= 11 is 0. The van der Waals surface area contributed by atoms with Gasteiger partial charge in [-0.2, -0.15) is 0 Å². The number of amides is 1. The van der Waals surface area contributed by atoms with E-state index in [9.17, 15) is 4.79 Å². The Balaban J connectivity index is 2.38. The fourth-order valence-electron chi connectivity index (χ4n) is 2.56. The van der Waals surface area contributed by atoms with Crippen LogP contribution in [-0.2, 0) is 9.47 Å². The van der Waals surface area contributed by atoms with Crippen LogP contribution in [0.1, 0.15) is 33.6 Å². The van der Waals surface area contributed by atoms with Gasteiger partial charge in [0.05, 0.1) is 6.61 Å². The largest absolute Gasteiger partial charge is 0.444 e. The number of hydrogen-bond acceptors (Lipinski definition) is 5. The average Bonchev–Trinajstić information content (AvgIpc) is 2.40. The van der Waals surface area contributed by atoms with E-state index in [-0.39, 0.29) is 6.09 Å². The van der Waals surface area contributed by atoms with Crippen LogP contribution in [0.3, 0.4) is 0 Å². The minimum absolute atomic E-state index is 0.271. The first kappa shape index (κ1) is 19.2. The van der Waals surface area contributed by atoms with E-state index in [4.69, 9.17) is 9.47 Å². The molecule has 1 fully saturated rings. The predicted octanol–water partition coefficient (Wildman–Crippen LogP) is 1.55. The van der Waals surface area contributed by atoms with Gasteiger partial charge in [-0.05, 0) is 47.2 Å². The van der Waals surface area contributed by atoms with Gasteiger partial charge in [0.2, 0.25) is 0 Å². The predicted molar refractivity (Wildman–Crippen MR) is 88.2 cm³/mol. The van der Waals surface area contributed by atoms with Gasteiger partial charge in [-0.1, -0.05) is 0 Å².